The molecule has 4 N–H and O–H groups in total. The van der Waals surface area contributed by atoms with Crippen molar-refractivity contribution in [2.45, 2.75) is 43.4 Å². The first-order valence-electron chi connectivity index (χ1n) is 5.47. The van der Waals surface area contributed by atoms with E-state index in [4.69, 9.17) is 5.73 Å². The fourth-order valence-electron chi connectivity index (χ4n) is 2.47. The summed E-state index contributed by atoms with van der Waals surface area (Å²) < 4.78 is 0. The van der Waals surface area contributed by atoms with E-state index in [1.165, 1.54) is 4.90 Å². The molecule has 2 fully saturated rings. The second kappa shape index (κ2) is 3.73. The lowest BCUT2D eigenvalue weighted by molar-refractivity contribution is -0.136. The minimum absolute atomic E-state index is 0.115. The maximum atomic E-state index is 12.0. The van der Waals surface area contributed by atoms with Crippen LogP contribution in [0.2, 0.25) is 0 Å². The van der Waals surface area contributed by atoms with E-state index < -0.39 is 17.7 Å². The molecule has 2 rings (SSSR count). The van der Waals surface area contributed by atoms with Gasteiger partial charge in [-0.3, -0.25) is 4.79 Å². The van der Waals surface area contributed by atoms with Crippen LogP contribution >= 0.6 is 0 Å². The Morgan fingerprint density at radius 3 is 2.13 bits per heavy atom. The Balaban J connectivity index is 2.02. The normalized spacial score (nSPS) is 34.7. The summed E-state index contributed by atoms with van der Waals surface area (Å²) in [5.74, 6) is -0.115. The Morgan fingerprint density at radius 1 is 1.20 bits per heavy atom. The Hall–Kier alpha value is -0.650. The van der Waals surface area contributed by atoms with Crippen LogP contribution in [0.25, 0.3) is 0 Å². The summed E-state index contributed by atoms with van der Waals surface area (Å²) in [5.41, 5.74) is 5.27. The number of carbonyl (C=O) groups excluding carboxylic acids is 1. The van der Waals surface area contributed by atoms with Crippen LogP contribution in [-0.2, 0) is 4.79 Å². The van der Waals surface area contributed by atoms with Crippen molar-refractivity contribution in [3.05, 3.63) is 0 Å². The monoisotopic (exact) mass is 214 g/mol. The number of aliphatic hydroxyl groups is 2. The first-order chi connectivity index (χ1) is 7.03. The van der Waals surface area contributed by atoms with Gasteiger partial charge in [-0.15, -0.1) is 0 Å². The average molecular weight is 214 g/mol. The SMILES string of the molecule is NC1(C(=O)N2C[C@@H](O)[C@@H](O)C2)CCCC1. The van der Waals surface area contributed by atoms with E-state index in [2.05, 4.69) is 0 Å². The summed E-state index contributed by atoms with van der Waals surface area (Å²) >= 11 is 0. The van der Waals surface area contributed by atoms with Gasteiger partial charge in [0.2, 0.25) is 5.91 Å². The van der Waals surface area contributed by atoms with Crippen molar-refractivity contribution in [1.82, 2.24) is 4.90 Å². The number of aliphatic hydroxyl groups excluding tert-OH is 2. The van der Waals surface area contributed by atoms with E-state index in [1.54, 1.807) is 0 Å². The molecule has 1 saturated heterocycles. The summed E-state index contributed by atoms with van der Waals surface area (Å²) in [6, 6.07) is 0. The Labute approximate surface area is 88.9 Å². The van der Waals surface area contributed by atoms with Gasteiger partial charge >= 0.3 is 0 Å². The topological polar surface area (TPSA) is 86.8 Å². The molecule has 0 aromatic heterocycles. The molecule has 5 nitrogen and oxygen atoms in total. The molecule has 0 radical (unpaired) electrons. The molecule has 1 amide bonds. The van der Waals surface area contributed by atoms with Gasteiger partial charge in [-0.25, -0.2) is 0 Å². The summed E-state index contributed by atoms with van der Waals surface area (Å²) in [6.45, 7) is 0.415. The van der Waals surface area contributed by atoms with Gasteiger partial charge in [0.15, 0.2) is 0 Å². The minimum atomic E-state index is -0.820. The summed E-state index contributed by atoms with van der Waals surface area (Å²) in [7, 11) is 0. The number of nitrogens with two attached hydrogens (primary N) is 1. The molecule has 2 aliphatic rings. The predicted molar refractivity (Wildman–Crippen MR) is 54.0 cm³/mol. The molecular weight excluding hydrogens is 196 g/mol. The standard InChI is InChI=1S/C10H18N2O3/c11-10(3-1-2-4-10)9(15)12-5-7(13)8(14)6-12/h7-8,13-14H,1-6,11H2/t7-,8+. The van der Waals surface area contributed by atoms with Crippen molar-refractivity contribution >= 4 is 5.91 Å². The van der Waals surface area contributed by atoms with Gasteiger partial charge < -0.3 is 20.8 Å². The van der Waals surface area contributed by atoms with E-state index in [-0.39, 0.29) is 19.0 Å². The fraction of sp³-hybridized carbons (Fsp3) is 0.900. The lowest BCUT2D eigenvalue weighted by atomic mass is 9.97. The second-order valence-corrected chi connectivity index (χ2v) is 4.71. The summed E-state index contributed by atoms with van der Waals surface area (Å²) in [4.78, 5) is 13.5. The number of hydrogen-bond acceptors (Lipinski definition) is 4. The highest BCUT2D eigenvalue weighted by Gasteiger charge is 2.43. The first kappa shape index (κ1) is 10.9. The third-order valence-electron chi connectivity index (χ3n) is 3.47. The zero-order valence-electron chi connectivity index (χ0n) is 8.72. The van der Waals surface area contributed by atoms with Crippen LogP contribution in [0.3, 0.4) is 0 Å². The number of carbonyl (C=O) groups is 1. The maximum Gasteiger partial charge on any atom is 0.242 e. The molecule has 86 valence electrons. The van der Waals surface area contributed by atoms with Crippen LogP contribution in [0.1, 0.15) is 25.7 Å². The molecule has 0 spiro atoms. The average Bonchev–Trinajstić information content (AvgIpc) is 2.75. The fourth-order valence-corrected chi connectivity index (χ4v) is 2.47. The van der Waals surface area contributed by atoms with Crippen molar-refractivity contribution in [3.8, 4) is 0 Å². The Bertz CT molecular complexity index is 253. The van der Waals surface area contributed by atoms with Crippen molar-refractivity contribution in [3.63, 3.8) is 0 Å². The molecule has 0 unspecified atom stereocenters. The van der Waals surface area contributed by atoms with Gasteiger partial charge in [-0.2, -0.15) is 0 Å². The number of nitrogens with zero attached hydrogens (tertiary/aromatic N) is 1. The van der Waals surface area contributed by atoms with Crippen LogP contribution in [0.15, 0.2) is 0 Å². The molecule has 0 aromatic carbocycles. The van der Waals surface area contributed by atoms with Gasteiger partial charge in [0, 0.05) is 13.1 Å². The zero-order chi connectivity index (χ0) is 11.1. The third kappa shape index (κ3) is 1.87. The Kier molecular flexibility index (Phi) is 2.70. The molecule has 1 aliphatic carbocycles. The first-order valence-corrected chi connectivity index (χ1v) is 5.47. The highest BCUT2D eigenvalue weighted by atomic mass is 16.3. The van der Waals surface area contributed by atoms with Gasteiger partial charge in [0.1, 0.15) is 0 Å². The van der Waals surface area contributed by atoms with Crippen molar-refractivity contribution in [1.29, 1.82) is 0 Å². The molecule has 1 saturated carbocycles. The minimum Gasteiger partial charge on any atom is -0.388 e. The maximum absolute atomic E-state index is 12.0. The van der Waals surface area contributed by atoms with Gasteiger partial charge in [-0.1, -0.05) is 12.8 Å². The molecule has 15 heavy (non-hydrogen) atoms. The smallest absolute Gasteiger partial charge is 0.242 e. The van der Waals surface area contributed by atoms with Crippen molar-refractivity contribution in [2.75, 3.05) is 13.1 Å². The van der Waals surface area contributed by atoms with E-state index in [1.807, 2.05) is 0 Å². The molecular formula is C10H18N2O3. The van der Waals surface area contributed by atoms with Crippen LogP contribution in [0.5, 0.6) is 0 Å². The molecule has 1 heterocycles. The van der Waals surface area contributed by atoms with Gasteiger partial charge in [0.25, 0.3) is 0 Å². The van der Waals surface area contributed by atoms with Crippen molar-refractivity contribution in [2.24, 2.45) is 5.73 Å². The predicted octanol–water partition coefficient (Wildman–Crippen LogP) is -1.18. The quantitative estimate of drug-likeness (QED) is 0.513. The highest BCUT2D eigenvalue weighted by molar-refractivity contribution is 5.86. The van der Waals surface area contributed by atoms with Crippen LogP contribution in [0.4, 0.5) is 0 Å². The van der Waals surface area contributed by atoms with Crippen LogP contribution in [-0.4, -0.2) is 51.9 Å². The Morgan fingerprint density at radius 2 is 1.67 bits per heavy atom. The molecule has 0 aromatic rings. The molecule has 5 heteroatoms. The molecule has 0 bridgehead atoms. The van der Waals surface area contributed by atoms with E-state index in [9.17, 15) is 15.0 Å². The largest absolute Gasteiger partial charge is 0.388 e. The number of hydrogen-bond donors (Lipinski definition) is 3. The summed E-state index contributed by atoms with van der Waals surface area (Å²) in [6.07, 6.45) is 1.77. The van der Waals surface area contributed by atoms with E-state index in [0.29, 0.717) is 12.8 Å². The van der Waals surface area contributed by atoms with Crippen LogP contribution in [0, 0.1) is 0 Å². The number of rotatable bonds is 1. The van der Waals surface area contributed by atoms with Gasteiger partial charge in [0.05, 0.1) is 17.7 Å². The lowest BCUT2D eigenvalue weighted by Gasteiger charge is -2.28. The second-order valence-electron chi connectivity index (χ2n) is 4.71. The number of amides is 1. The third-order valence-corrected chi connectivity index (χ3v) is 3.47. The number of β-amino-alcohol motifs (C(OH)–C–C–N with tert-alkyl or cyclic N) is 2. The zero-order valence-corrected chi connectivity index (χ0v) is 8.72. The van der Waals surface area contributed by atoms with Gasteiger partial charge in [-0.05, 0) is 12.8 Å². The van der Waals surface area contributed by atoms with E-state index >= 15 is 0 Å². The van der Waals surface area contributed by atoms with Crippen LogP contribution < -0.4 is 5.73 Å². The molecule has 1 aliphatic heterocycles. The number of likely N-dealkylation sites (tertiary alicyclic amines) is 1. The summed E-state index contributed by atoms with van der Waals surface area (Å²) in [5, 5.41) is 18.7. The van der Waals surface area contributed by atoms with Crippen molar-refractivity contribution < 1.29 is 15.0 Å². The highest BCUT2D eigenvalue weighted by Crippen LogP contribution is 2.30. The van der Waals surface area contributed by atoms with E-state index in [0.717, 1.165) is 12.8 Å². The molecule has 2 atom stereocenters. The lowest BCUT2D eigenvalue weighted by Crippen LogP contribution is -2.53.